The predicted molar refractivity (Wildman–Crippen MR) is 52.4 cm³/mol. The fraction of sp³-hybridized carbons (Fsp3) is 1.00. The van der Waals surface area contributed by atoms with Crippen LogP contribution < -0.4 is 0 Å². The number of hydrogen-bond acceptors (Lipinski definition) is 5. The first kappa shape index (κ1) is 19.1. The van der Waals surface area contributed by atoms with Crippen molar-refractivity contribution in [1.29, 1.82) is 0 Å². The van der Waals surface area contributed by atoms with E-state index >= 15 is 0 Å². The van der Waals surface area contributed by atoms with E-state index in [1.807, 2.05) is 0 Å². The maximum atomic E-state index is 11.5. The highest BCUT2D eigenvalue weighted by molar-refractivity contribution is 7.87. The van der Waals surface area contributed by atoms with Gasteiger partial charge in [0.2, 0.25) is 6.79 Å². The maximum absolute atomic E-state index is 11.5. The molecular formula is C6H13F3O6PS+. The van der Waals surface area contributed by atoms with E-state index in [0.29, 0.717) is 0 Å². The van der Waals surface area contributed by atoms with Crippen LogP contribution in [0, 0.1) is 0 Å². The van der Waals surface area contributed by atoms with Crippen molar-refractivity contribution in [2.75, 3.05) is 6.79 Å². The Morgan fingerprint density at radius 3 is 1.88 bits per heavy atom. The van der Waals surface area contributed by atoms with E-state index in [-0.39, 0.29) is 0 Å². The van der Waals surface area contributed by atoms with Gasteiger partial charge in [-0.2, -0.15) is 21.6 Å². The first-order valence-electron chi connectivity index (χ1n) is 4.33. The Kier molecular flexibility index (Phi) is 9.82. The van der Waals surface area contributed by atoms with Crippen molar-refractivity contribution in [3.05, 3.63) is 0 Å². The van der Waals surface area contributed by atoms with Gasteiger partial charge >= 0.3 is 23.9 Å². The van der Waals surface area contributed by atoms with Crippen LogP contribution in [-0.2, 0) is 23.4 Å². The number of rotatable bonds is 5. The molecule has 0 aromatic carbocycles. The SMILES string of the molecule is CCCC.O=[P+](O)OCOS(=O)(=O)C(F)(F)F. The fourth-order valence-electron chi connectivity index (χ4n) is 0.197. The number of alkyl halides is 3. The molecule has 0 radical (unpaired) electrons. The van der Waals surface area contributed by atoms with Gasteiger partial charge in [0.25, 0.3) is 0 Å². The van der Waals surface area contributed by atoms with Crippen molar-refractivity contribution in [2.45, 2.75) is 32.2 Å². The maximum Gasteiger partial charge on any atom is 0.697 e. The lowest BCUT2D eigenvalue weighted by Gasteiger charge is -2.04. The first-order valence-corrected chi connectivity index (χ1v) is 6.87. The second-order valence-corrected chi connectivity index (χ2v) is 4.84. The summed E-state index contributed by atoms with van der Waals surface area (Å²) in [5.41, 5.74) is -5.57. The van der Waals surface area contributed by atoms with Crippen molar-refractivity contribution in [3.8, 4) is 0 Å². The molecule has 0 fully saturated rings. The van der Waals surface area contributed by atoms with Crippen molar-refractivity contribution in [3.63, 3.8) is 0 Å². The second-order valence-electron chi connectivity index (χ2n) is 2.50. The van der Waals surface area contributed by atoms with Crippen LogP contribution in [-0.4, -0.2) is 25.6 Å². The van der Waals surface area contributed by atoms with E-state index in [2.05, 4.69) is 22.6 Å². The van der Waals surface area contributed by atoms with Crippen molar-refractivity contribution < 1.29 is 39.8 Å². The lowest BCUT2D eigenvalue weighted by molar-refractivity contribution is -0.0589. The summed E-state index contributed by atoms with van der Waals surface area (Å²) >= 11 is 0. The molecule has 0 aliphatic rings. The second kappa shape index (κ2) is 8.76. The van der Waals surface area contributed by atoms with Crippen LogP contribution >= 0.6 is 8.25 Å². The average molecular weight is 301 g/mol. The number of unbranched alkanes of at least 4 members (excludes halogenated alkanes) is 1. The summed E-state index contributed by atoms with van der Waals surface area (Å²) < 4.78 is 70.8. The summed E-state index contributed by atoms with van der Waals surface area (Å²) in [6.07, 6.45) is 2.64. The molecule has 17 heavy (non-hydrogen) atoms. The third kappa shape index (κ3) is 10.6. The van der Waals surface area contributed by atoms with Gasteiger partial charge in [-0.25, -0.2) is 4.18 Å². The molecule has 0 saturated carbocycles. The minimum Gasteiger partial charge on any atom is -0.229 e. The van der Waals surface area contributed by atoms with Gasteiger partial charge in [-0.15, -0.1) is 4.89 Å². The standard InChI is InChI=1S/C4H10.C2H2F3O6PS/c1-3-4-2;3-2(4,5)13(8,9)11-1-10-12(6)7/h3-4H2,1-2H3;1H2/p+1. The van der Waals surface area contributed by atoms with Crippen molar-refractivity contribution in [1.82, 2.24) is 0 Å². The molecule has 0 aromatic rings. The Labute approximate surface area is 97.8 Å². The first-order chi connectivity index (χ1) is 7.58. The Bertz CT molecular complexity index is 312. The molecule has 104 valence electrons. The normalized spacial score (nSPS) is 12.7. The van der Waals surface area contributed by atoms with Crippen LogP contribution in [0.5, 0.6) is 0 Å². The van der Waals surface area contributed by atoms with Gasteiger partial charge in [0.1, 0.15) is 0 Å². The highest BCUT2D eigenvalue weighted by Crippen LogP contribution is 2.25. The van der Waals surface area contributed by atoms with Crippen LogP contribution in [0.1, 0.15) is 26.7 Å². The molecule has 0 spiro atoms. The zero-order valence-corrected chi connectivity index (χ0v) is 10.8. The van der Waals surface area contributed by atoms with E-state index in [9.17, 15) is 26.2 Å². The van der Waals surface area contributed by atoms with Crippen LogP contribution in [0.2, 0.25) is 0 Å². The van der Waals surface area contributed by atoms with E-state index in [4.69, 9.17) is 4.89 Å². The van der Waals surface area contributed by atoms with Crippen LogP contribution in [0.3, 0.4) is 0 Å². The summed E-state index contributed by atoms with van der Waals surface area (Å²) in [5, 5.41) is 0. The van der Waals surface area contributed by atoms with Crippen molar-refractivity contribution in [2.24, 2.45) is 0 Å². The topological polar surface area (TPSA) is 89.9 Å². The molecule has 0 aliphatic heterocycles. The zero-order valence-electron chi connectivity index (χ0n) is 9.10. The molecule has 0 bridgehead atoms. The lowest BCUT2D eigenvalue weighted by Crippen LogP contribution is -2.26. The van der Waals surface area contributed by atoms with Gasteiger partial charge in [0.15, 0.2) is 0 Å². The molecule has 1 N–H and O–H groups in total. The summed E-state index contributed by atoms with van der Waals surface area (Å²) in [4.78, 5) is 7.88. The highest BCUT2D eigenvalue weighted by atomic mass is 32.2. The highest BCUT2D eigenvalue weighted by Gasteiger charge is 2.47. The van der Waals surface area contributed by atoms with Crippen molar-refractivity contribution >= 4 is 18.4 Å². The summed E-state index contributed by atoms with van der Waals surface area (Å²) in [5.74, 6) is 0. The molecule has 6 nitrogen and oxygen atoms in total. The largest absolute Gasteiger partial charge is 0.697 e. The monoisotopic (exact) mass is 301 g/mol. The van der Waals surface area contributed by atoms with Crippen LogP contribution in [0.15, 0.2) is 0 Å². The molecule has 11 heteroatoms. The Morgan fingerprint density at radius 1 is 1.24 bits per heavy atom. The van der Waals surface area contributed by atoms with Crippen LogP contribution in [0.25, 0.3) is 0 Å². The minimum absolute atomic E-state index is 1.32. The third-order valence-corrected chi connectivity index (χ3v) is 2.45. The number of halogens is 3. The van der Waals surface area contributed by atoms with Gasteiger partial charge in [0, 0.05) is 4.57 Å². The van der Waals surface area contributed by atoms with E-state index in [1.165, 1.54) is 12.8 Å². The van der Waals surface area contributed by atoms with Crippen LogP contribution in [0.4, 0.5) is 13.2 Å². The molecule has 0 rings (SSSR count). The Morgan fingerprint density at radius 2 is 1.65 bits per heavy atom. The molecule has 1 unspecified atom stereocenters. The van der Waals surface area contributed by atoms with Gasteiger partial charge in [-0.05, 0) is 0 Å². The third-order valence-electron chi connectivity index (χ3n) is 1.15. The molecule has 0 amide bonds. The van der Waals surface area contributed by atoms with E-state index in [0.717, 1.165) is 0 Å². The fourth-order valence-corrected chi connectivity index (χ4v) is 0.719. The Balaban J connectivity index is 0. The molecule has 0 heterocycles. The molecule has 0 aliphatic carbocycles. The molecular weight excluding hydrogens is 288 g/mol. The predicted octanol–water partition coefficient (Wildman–Crippen LogP) is 2.28. The summed E-state index contributed by atoms with van der Waals surface area (Å²) in [7, 11) is -8.95. The lowest BCUT2D eigenvalue weighted by atomic mass is 10.4. The van der Waals surface area contributed by atoms with Gasteiger partial charge in [-0.1, -0.05) is 31.2 Å². The average Bonchev–Trinajstić information content (AvgIpc) is 2.15. The zero-order chi connectivity index (χ0) is 14.1. The number of hydrogen-bond donors (Lipinski definition) is 1. The summed E-state index contributed by atoms with van der Waals surface area (Å²) in [6, 6.07) is 0. The Hall–Kier alpha value is -0.280. The quantitative estimate of drug-likeness (QED) is 0.362. The van der Waals surface area contributed by atoms with Gasteiger partial charge < -0.3 is 0 Å². The summed E-state index contributed by atoms with van der Waals surface area (Å²) in [6.45, 7) is 2.90. The molecule has 1 atom stereocenters. The van der Waals surface area contributed by atoms with E-state index in [1.54, 1.807) is 0 Å². The van der Waals surface area contributed by atoms with Gasteiger partial charge in [-0.3, -0.25) is 0 Å². The molecule has 0 saturated heterocycles. The van der Waals surface area contributed by atoms with Gasteiger partial charge in [0.05, 0.1) is 0 Å². The minimum atomic E-state index is -5.76. The smallest absolute Gasteiger partial charge is 0.229 e. The molecule has 0 aromatic heterocycles. The van der Waals surface area contributed by atoms with E-state index < -0.39 is 30.7 Å².